The number of rotatable bonds is 8. The number of thiophene rings is 1. The van der Waals surface area contributed by atoms with Crippen LogP contribution >= 0.6 is 11.3 Å². The van der Waals surface area contributed by atoms with Gasteiger partial charge in [-0.15, -0.1) is 0 Å². The molecule has 0 aliphatic rings. The van der Waals surface area contributed by atoms with Crippen LogP contribution in [-0.2, 0) is 12.8 Å². The maximum atomic E-state index is 4.18. The van der Waals surface area contributed by atoms with Crippen molar-refractivity contribution in [2.24, 2.45) is 0 Å². The first kappa shape index (κ1) is 14.2. The van der Waals surface area contributed by atoms with Crippen LogP contribution in [0.2, 0.25) is 0 Å². The Labute approximate surface area is 119 Å². The largest absolute Gasteiger partial charge is 0.314 e. The maximum Gasteiger partial charge on any atom is 0.0299 e. The summed E-state index contributed by atoms with van der Waals surface area (Å²) in [7, 11) is 0. The molecule has 2 rings (SSSR count). The monoisotopic (exact) mass is 274 g/mol. The second-order valence-electron chi connectivity index (χ2n) is 4.82. The highest BCUT2D eigenvalue weighted by atomic mass is 32.1. The van der Waals surface area contributed by atoms with E-state index in [1.165, 1.54) is 30.4 Å². The smallest absolute Gasteiger partial charge is 0.0299 e. The first-order valence-corrected chi connectivity index (χ1v) is 7.96. The van der Waals surface area contributed by atoms with Crippen molar-refractivity contribution in [1.29, 1.82) is 0 Å². The van der Waals surface area contributed by atoms with Gasteiger partial charge in [0.1, 0.15) is 0 Å². The Balaban J connectivity index is 1.78. The Morgan fingerprint density at radius 1 is 1.21 bits per heavy atom. The molecular weight excluding hydrogens is 252 g/mol. The summed E-state index contributed by atoms with van der Waals surface area (Å²) in [6, 6.07) is 7.01. The van der Waals surface area contributed by atoms with Gasteiger partial charge in [0.2, 0.25) is 0 Å². The number of aromatic nitrogens is 1. The van der Waals surface area contributed by atoms with Crippen molar-refractivity contribution in [1.82, 2.24) is 10.3 Å². The van der Waals surface area contributed by atoms with Gasteiger partial charge in [-0.1, -0.05) is 13.0 Å². The zero-order valence-electron chi connectivity index (χ0n) is 11.5. The summed E-state index contributed by atoms with van der Waals surface area (Å²) in [5, 5.41) is 8.01. The Morgan fingerprint density at radius 3 is 2.68 bits per heavy atom. The van der Waals surface area contributed by atoms with Crippen molar-refractivity contribution in [3.63, 3.8) is 0 Å². The van der Waals surface area contributed by atoms with Crippen molar-refractivity contribution >= 4 is 11.3 Å². The van der Waals surface area contributed by atoms with E-state index in [1.807, 2.05) is 18.5 Å². The molecule has 19 heavy (non-hydrogen) atoms. The van der Waals surface area contributed by atoms with Crippen LogP contribution in [0.25, 0.3) is 0 Å². The molecule has 2 aromatic rings. The molecular formula is C16H22N2S. The van der Waals surface area contributed by atoms with Gasteiger partial charge < -0.3 is 5.32 Å². The Bertz CT molecular complexity index is 439. The molecule has 3 heteroatoms. The lowest BCUT2D eigenvalue weighted by atomic mass is 10.0. The molecule has 1 atom stereocenters. The van der Waals surface area contributed by atoms with Gasteiger partial charge in [-0.05, 0) is 66.2 Å². The average Bonchev–Trinajstić information content (AvgIpc) is 2.96. The molecule has 0 amide bonds. The fourth-order valence-electron chi connectivity index (χ4n) is 2.30. The van der Waals surface area contributed by atoms with E-state index in [1.54, 1.807) is 11.3 Å². The molecule has 0 bridgehead atoms. The van der Waals surface area contributed by atoms with Gasteiger partial charge in [0.05, 0.1) is 0 Å². The maximum absolute atomic E-state index is 4.18. The average molecular weight is 274 g/mol. The van der Waals surface area contributed by atoms with Gasteiger partial charge in [-0.3, -0.25) is 4.98 Å². The van der Waals surface area contributed by atoms with Crippen molar-refractivity contribution in [3.05, 3.63) is 52.5 Å². The predicted octanol–water partition coefficient (Wildman–Crippen LogP) is 3.69. The third-order valence-corrected chi connectivity index (χ3v) is 4.09. The zero-order valence-corrected chi connectivity index (χ0v) is 12.3. The number of nitrogens with one attached hydrogen (secondary N) is 1. The molecule has 0 aliphatic carbocycles. The molecule has 2 nitrogen and oxygen atoms in total. The molecule has 2 aromatic heterocycles. The molecule has 102 valence electrons. The van der Waals surface area contributed by atoms with Gasteiger partial charge in [0, 0.05) is 18.4 Å². The van der Waals surface area contributed by atoms with E-state index in [4.69, 9.17) is 0 Å². The lowest BCUT2D eigenvalue weighted by Gasteiger charge is -2.17. The van der Waals surface area contributed by atoms with Crippen molar-refractivity contribution in [2.75, 3.05) is 6.54 Å². The quantitative estimate of drug-likeness (QED) is 0.794. The minimum absolute atomic E-state index is 0.602. The molecule has 0 aromatic carbocycles. The van der Waals surface area contributed by atoms with Crippen molar-refractivity contribution in [3.8, 4) is 0 Å². The Morgan fingerprint density at radius 2 is 2.05 bits per heavy atom. The lowest BCUT2D eigenvalue weighted by Crippen LogP contribution is -2.29. The molecule has 0 fully saturated rings. The number of nitrogens with zero attached hydrogens (tertiary/aromatic N) is 1. The summed E-state index contributed by atoms with van der Waals surface area (Å²) in [4.78, 5) is 4.18. The topological polar surface area (TPSA) is 24.9 Å². The van der Waals surface area contributed by atoms with E-state index < -0.39 is 0 Å². The van der Waals surface area contributed by atoms with E-state index in [9.17, 15) is 0 Å². The van der Waals surface area contributed by atoms with Crippen LogP contribution in [0.1, 0.15) is 30.9 Å². The minimum atomic E-state index is 0.602. The second kappa shape index (κ2) is 8.08. The van der Waals surface area contributed by atoms with Gasteiger partial charge in [-0.2, -0.15) is 11.3 Å². The number of hydrogen-bond acceptors (Lipinski definition) is 3. The van der Waals surface area contributed by atoms with Crippen molar-refractivity contribution in [2.45, 2.75) is 38.6 Å². The first-order valence-electron chi connectivity index (χ1n) is 7.02. The molecule has 2 heterocycles. The van der Waals surface area contributed by atoms with Crippen LogP contribution in [0.5, 0.6) is 0 Å². The summed E-state index contributed by atoms with van der Waals surface area (Å²) < 4.78 is 0. The Kier molecular flexibility index (Phi) is 6.05. The summed E-state index contributed by atoms with van der Waals surface area (Å²) in [5.74, 6) is 0. The second-order valence-corrected chi connectivity index (χ2v) is 5.60. The summed E-state index contributed by atoms with van der Waals surface area (Å²) in [6.45, 7) is 3.23. The van der Waals surface area contributed by atoms with Crippen molar-refractivity contribution < 1.29 is 0 Å². The molecule has 0 radical (unpaired) electrons. The first-order chi connectivity index (χ1) is 9.38. The van der Waals surface area contributed by atoms with E-state index in [-0.39, 0.29) is 0 Å². The van der Waals surface area contributed by atoms with E-state index in [0.29, 0.717) is 6.04 Å². The fourth-order valence-corrected chi connectivity index (χ4v) is 3.00. The van der Waals surface area contributed by atoms with Gasteiger partial charge in [0.15, 0.2) is 0 Å². The van der Waals surface area contributed by atoms with Gasteiger partial charge >= 0.3 is 0 Å². The van der Waals surface area contributed by atoms with Crippen LogP contribution in [-0.4, -0.2) is 17.6 Å². The van der Waals surface area contributed by atoms with Crippen LogP contribution in [0.3, 0.4) is 0 Å². The highest BCUT2D eigenvalue weighted by Gasteiger charge is 2.08. The minimum Gasteiger partial charge on any atom is -0.314 e. The summed E-state index contributed by atoms with van der Waals surface area (Å²) in [6.07, 6.45) is 8.49. The standard InChI is InChI=1S/C16H22N2S/c1-2-18-16(8-6-15-9-11-19-13-15)7-5-14-4-3-10-17-12-14/h3-4,9-13,16,18H,2,5-8H2,1H3. The molecule has 1 unspecified atom stereocenters. The highest BCUT2D eigenvalue weighted by Crippen LogP contribution is 2.12. The normalized spacial score (nSPS) is 12.5. The molecule has 0 spiro atoms. The molecule has 1 N–H and O–H groups in total. The van der Waals surface area contributed by atoms with Gasteiger partial charge in [-0.25, -0.2) is 0 Å². The van der Waals surface area contributed by atoms with Crippen LogP contribution in [0.4, 0.5) is 0 Å². The van der Waals surface area contributed by atoms with Gasteiger partial charge in [0.25, 0.3) is 0 Å². The summed E-state index contributed by atoms with van der Waals surface area (Å²) >= 11 is 1.79. The SMILES string of the molecule is CCNC(CCc1cccnc1)CCc1ccsc1. The van der Waals surface area contributed by atoms with Crippen LogP contribution in [0, 0.1) is 0 Å². The molecule has 0 saturated carbocycles. The van der Waals surface area contributed by atoms with E-state index in [2.05, 4.69) is 40.1 Å². The van der Waals surface area contributed by atoms with E-state index in [0.717, 1.165) is 13.0 Å². The third-order valence-electron chi connectivity index (χ3n) is 3.36. The third kappa shape index (κ3) is 5.13. The number of pyridine rings is 1. The van der Waals surface area contributed by atoms with E-state index >= 15 is 0 Å². The summed E-state index contributed by atoms with van der Waals surface area (Å²) in [5.41, 5.74) is 2.80. The van der Waals surface area contributed by atoms with Crippen LogP contribution < -0.4 is 5.32 Å². The fraction of sp³-hybridized carbons (Fsp3) is 0.438. The molecule has 0 saturated heterocycles. The Hall–Kier alpha value is -1.19. The number of aryl methyl sites for hydroxylation is 2. The lowest BCUT2D eigenvalue weighted by molar-refractivity contribution is 0.464. The highest BCUT2D eigenvalue weighted by molar-refractivity contribution is 7.07. The number of hydrogen-bond donors (Lipinski definition) is 1. The molecule has 0 aliphatic heterocycles. The zero-order chi connectivity index (χ0) is 13.3. The van der Waals surface area contributed by atoms with Crippen LogP contribution in [0.15, 0.2) is 41.4 Å². The predicted molar refractivity (Wildman–Crippen MR) is 82.7 cm³/mol.